The van der Waals surface area contributed by atoms with Crippen molar-refractivity contribution in [3.05, 3.63) is 0 Å². The van der Waals surface area contributed by atoms with Gasteiger partial charge < -0.3 is 20.6 Å². The van der Waals surface area contributed by atoms with E-state index < -0.39 is 0 Å². The molecule has 0 rings (SSSR count). The lowest BCUT2D eigenvalue weighted by Crippen LogP contribution is -2.28. The zero-order valence-electron chi connectivity index (χ0n) is 8.33. The first kappa shape index (κ1) is 13.1. The van der Waals surface area contributed by atoms with Crippen molar-refractivity contribution < 1.29 is 14.3 Å². The molecule has 0 aliphatic heterocycles. The second-order valence-electron chi connectivity index (χ2n) is 2.81. The van der Waals surface area contributed by atoms with Gasteiger partial charge in [0, 0.05) is 32.5 Å². The summed E-state index contributed by atoms with van der Waals surface area (Å²) in [5, 5.41) is 2.66. The molecular weight excluding hydrogens is 184 g/mol. The third-order valence-electron chi connectivity index (χ3n) is 1.54. The van der Waals surface area contributed by atoms with Crippen molar-refractivity contribution in [2.45, 2.75) is 19.3 Å². The van der Waals surface area contributed by atoms with E-state index in [0.717, 1.165) is 6.29 Å². The largest absolute Gasteiger partial charge is 0.381 e. The van der Waals surface area contributed by atoms with Crippen LogP contribution in [0, 0.1) is 0 Å². The number of hydrogen-bond donors (Lipinski definition) is 2. The minimum atomic E-state index is -0.00515. The number of ether oxygens (including phenoxy) is 1. The first-order valence-electron chi connectivity index (χ1n) is 4.79. The summed E-state index contributed by atoms with van der Waals surface area (Å²) >= 11 is 0. The van der Waals surface area contributed by atoms with E-state index in [4.69, 9.17) is 10.5 Å². The molecule has 0 aliphatic rings. The van der Waals surface area contributed by atoms with E-state index in [1.165, 1.54) is 0 Å². The maximum atomic E-state index is 11.0. The summed E-state index contributed by atoms with van der Waals surface area (Å²) in [6.07, 6.45) is 2.35. The third-order valence-corrected chi connectivity index (χ3v) is 1.54. The molecule has 0 atom stereocenters. The van der Waals surface area contributed by atoms with Crippen molar-refractivity contribution in [1.82, 2.24) is 5.32 Å². The normalized spacial score (nSPS) is 9.79. The second-order valence-corrected chi connectivity index (χ2v) is 2.81. The molecule has 0 spiro atoms. The van der Waals surface area contributed by atoms with Crippen LogP contribution >= 0.6 is 0 Å². The van der Waals surface area contributed by atoms with Gasteiger partial charge in [-0.2, -0.15) is 0 Å². The second kappa shape index (κ2) is 10.1. The first-order valence-corrected chi connectivity index (χ1v) is 4.79. The van der Waals surface area contributed by atoms with Crippen LogP contribution in [-0.4, -0.2) is 38.5 Å². The summed E-state index contributed by atoms with van der Waals surface area (Å²) in [5.41, 5.74) is 5.21. The fourth-order valence-electron chi connectivity index (χ4n) is 0.868. The van der Waals surface area contributed by atoms with Crippen molar-refractivity contribution >= 4 is 12.2 Å². The summed E-state index contributed by atoms with van der Waals surface area (Å²) in [4.78, 5) is 20.9. The lowest BCUT2D eigenvalue weighted by atomic mass is 10.3. The molecule has 0 fully saturated rings. The summed E-state index contributed by atoms with van der Waals surface area (Å²) < 4.78 is 5.09. The average Bonchev–Trinajstić information content (AvgIpc) is 2.20. The number of carbonyl (C=O) groups is 2. The molecular formula is C9H18N2O3. The van der Waals surface area contributed by atoms with E-state index in [1.54, 1.807) is 0 Å². The Kier molecular flexibility index (Phi) is 9.46. The van der Waals surface area contributed by atoms with Gasteiger partial charge in [-0.25, -0.2) is 0 Å². The van der Waals surface area contributed by atoms with Crippen LogP contribution in [0.25, 0.3) is 0 Å². The van der Waals surface area contributed by atoms with Crippen LogP contribution in [-0.2, 0) is 14.3 Å². The van der Waals surface area contributed by atoms with Gasteiger partial charge in [-0.3, -0.25) is 4.79 Å². The fraction of sp³-hybridized carbons (Fsp3) is 0.778. The van der Waals surface area contributed by atoms with Gasteiger partial charge in [-0.05, 0) is 6.42 Å². The molecule has 5 heteroatoms. The minimum Gasteiger partial charge on any atom is -0.381 e. The predicted molar refractivity (Wildman–Crippen MR) is 52.8 cm³/mol. The number of carbonyl (C=O) groups excluding carboxylic acids is 2. The van der Waals surface area contributed by atoms with E-state index in [-0.39, 0.29) is 5.91 Å². The highest BCUT2D eigenvalue weighted by atomic mass is 16.5. The van der Waals surface area contributed by atoms with Crippen LogP contribution in [0.4, 0.5) is 0 Å². The molecule has 1 amide bonds. The van der Waals surface area contributed by atoms with Crippen LogP contribution < -0.4 is 11.1 Å². The van der Waals surface area contributed by atoms with E-state index in [0.29, 0.717) is 45.6 Å². The van der Waals surface area contributed by atoms with E-state index in [2.05, 4.69) is 5.32 Å². The molecule has 0 saturated carbocycles. The maximum absolute atomic E-state index is 11.0. The number of aldehydes is 1. The minimum absolute atomic E-state index is 0.00515. The van der Waals surface area contributed by atoms with E-state index in [1.807, 2.05) is 0 Å². The fourth-order valence-corrected chi connectivity index (χ4v) is 0.868. The lowest BCUT2D eigenvalue weighted by Gasteiger charge is -2.03. The van der Waals surface area contributed by atoms with Gasteiger partial charge in [0.15, 0.2) is 0 Å². The Bertz CT molecular complexity index is 162. The van der Waals surface area contributed by atoms with Gasteiger partial charge in [0.25, 0.3) is 0 Å². The van der Waals surface area contributed by atoms with Crippen LogP contribution in [0.1, 0.15) is 19.3 Å². The molecule has 0 heterocycles. The van der Waals surface area contributed by atoms with Gasteiger partial charge in [0.1, 0.15) is 6.29 Å². The maximum Gasteiger partial charge on any atom is 0.220 e. The number of rotatable bonds is 9. The van der Waals surface area contributed by atoms with E-state index in [9.17, 15) is 9.59 Å². The highest BCUT2D eigenvalue weighted by Gasteiger charge is 1.98. The number of nitrogens with two attached hydrogens (primary N) is 1. The monoisotopic (exact) mass is 202 g/mol. The van der Waals surface area contributed by atoms with Gasteiger partial charge in [0.05, 0.1) is 6.61 Å². The van der Waals surface area contributed by atoms with Crippen molar-refractivity contribution in [3.63, 3.8) is 0 Å². The third kappa shape index (κ3) is 9.15. The zero-order chi connectivity index (χ0) is 10.6. The predicted octanol–water partition coefficient (Wildman–Crippen LogP) is -0.553. The molecule has 0 aromatic rings. The SMILES string of the molecule is NCCNC(=O)CCCOCCC=O. The van der Waals surface area contributed by atoms with Gasteiger partial charge >= 0.3 is 0 Å². The topological polar surface area (TPSA) is 81.4 Å². The van der Waals surface area contributed by atoms with Gasteiger partial charge in [-0.1, -0.05) is 0 Å². The summed E-state index contributed by atoms with van der Waals surface area (Å²) in [7, 11) is 0. The number of nitrogens with one attached hydrogen (secondary N) is 1. The van der Waals surface area contributed by atoms with E-state index >= 15 is 0 Å². The molecule has 0 bridgehead atoms. The molecule has 0 unspecified atom stereocenters. The Morgan fingerprint density at radius 3 is 2.86 bits per heavy atom. The molecule has 5 nitrogen and oxygen atoms in total. The van der Waals surface area contributed by atoms with Gasteiger partial charge in [-0.15, -0.1) is 0 Å². The van der Waals surface area contributed by atoms with Crippen LogP contribution in [0.5, 0.6) is 0 Å². The molecule has 0 radical (unpaired) electrons. The number of amides is 1. The first-order chi connectivity index (χ1) is 6.81. The van der Waals surface area contributed by atoms with Crippen LogP contribution in [0.2, 0.25) is 0 Å². The van der Waals surface area contributed by atoms with Crippen LogP contribution in [0.3, 0.4) is 0 Å². The Morgan fingerprint density at radius 1 is 1.43 bits per heavy atom. The van der Waals surface area contributed by atoms with Crippen molar-refractivity contribution in [1.29, 1.82) is 0 Å². The van der Waals surface area contributed by atoms with Crippen molar-refractivity contribution in [2.24, 2.45) is 5.73 Å². The Hall–Kier alpha value is -0.940. The molecule has 0 aliphatic carbocycles. The molecule has 0 saturated heterocycles. The standard InChI is InChI=1S/C9H18N2O3/c10-4-5-11-9(13)3-1-7-14-8-2-6-12/h6H,1-5,7-8,10H2,(H,11,13). The van der Waals surface area contributed by atoms with Crippen molar-refractivity contribution in [2.75, 3.05) is 26.3 Å². The average molecular weight is 202 g/mol. The smallest absolute Gasteiger partial charge is 0.220 e. The highest BCUT2D eigenvalue weighted by Crippen LogP contribution is 1.90. The molecule has 0 aromatic heterocycles. The summed E-state index contributed by atoms with van der Waals surface area (Å²) in [6.45, 7) is 1.93. The summed E-state index contributed by atoms with van der Waals surface area (Å²) in [5.74, 6) is -0.00515. The highest BCUT2D eigenvalue weighted by molar-refractivity contribution is 5.75. The van der Waals surface area contributed by atoms with Crippen molar-refractivity contribution in [3.8, 4) is 0 Å². The quantitative estimate of drug-likeness (QED) is 0.388. The Balaban J connectivity index is 3.10. The Labute approximate surface area is 84.0 Å². The molecule has 14 heavy (non-hydrogen) atoms. The molecule has 82 valence electrons. The lowest BCUT2D eigenvalue weighted by molar-refractivity contribution is -0.121. The van der Waals surface area contributed by atoms with Gasteiger partial charge in [0.2, 0.25) is 5.91 Å². The van der Waals surface area contributed by atoms with Crippen LogP contribution in [0.15, 0.2) is 0 Å². The summed E-state index contributed by atoms with van der Waals surface area (Å²) in [6, 6.07) is 0. The molecule has 3 N–H and O–H groups in total. The Morgan fingerprint density at radius 2 is 2.21 bits per heavy atom. The molecule has 0 aromatic carbocycles. The zero-order valence-corrected chi connectivity index (χ0v) is 8.33. The number of hydrogen-bond acceptors (Lipinski definition) is 4.